The zero-order chi connectivity index (χ0) is 16.9. The molecule has 2 aromatic carbocycles. The number of nitrogens with one attached hydrogen (secondary N) is 2. The van der Waals surface area contributed by atoms with Crippen LogP contribution in [0.15, 0.2) is 48.5 Å². The van der Waals surface area contributed by atoms with Crippen molar-refractivity contribution in [2.75, 3.05) is 12.4 Å². The highest BCUT2D eigenvalue weighted by Gasteiger charge is 2.11. The number of aromatic nitrogens is 3. The van der Waals surface area contributed by atoms with E-state index in [4.69, 9.17) is 4.74 Å². The van der Waals surface area contributed by atoms with Crippen LogP contribution in [0.5, 0.6) is 5.75 Å². The summed E-state index contributed by atoms with van der Waals surface area (Å²) in [5.41, 5.74) is 1.52. The highest BCUT2D eigenvalue weighted by atomic mass is 16.6. The van der Waals surface area contributed by atoms with Gasteiger partial charge in [-0.2, -0.15) is 5.10 Å². The molecule has 1 heterocycles. The van der Waals surface area contributed by atoms with E-state index < -0.39 is 4.92 Å². The summed E-state index contributed by atoms with van der Waals surface area (Å²) in [4.78, 5) is 14.7. The quantitative estimate of drug-likeness (QED) is 0.533. The van der Waals surface area contributed by atoms with E-state index in [0.29, 0.717) is 23.8 Å². The lowest BCUT2D eigenvalue weighted by molar-refractivity contribution is -0.384. The maximum Gasteiger partial charge on any atom is 0.270 e. The third-order valence-corrected chi connectivity index (χ3v) is 3.40. The van der Waals surface area contributed by atoms with Gasteiger partial charge in [-0.1, -0.05) is 12.1 Å². The molecule has 3 rings (SSSR count). The van der Waals surface area contributed by atoms with E-state index in [2.05, 4.69) is 20.5 Å². The Morgan fingerprint density at radius 3 is 2.75 bits per heavy atom. The van der Waals surface area contributed by atoms with Crippen LogP contribution < -0.4 is 10.1 Å². The monoisotopic (exact) mass is 325 g/mol. The van der Waals surface area contributed by atoms with Crippen molar-refractivity contribution in [3.8, 4) is 17.1 Å². The van der Waals surface area contributed by atoms with Gasteiger partial charge in [-0.05, 0) is 24.3 Å². The summed E-state index contributed by atoms with van der Waals surface area (Å²) in [7, 11) is 1.62. The van der Waals surface area contributed by atoms with E-state index in [1.165, 1.54) is 12.1 Å². The topological polar surface area (TPSA) is 106 Å². The molecule has 122 valence electrons. The van der Waals surface area contributed by atoms with E-state index in [1.807, 2.05) is 24.3 Å². The highest BCUT2D eigenvalue weighted by molar-refractivity contribution is 5.58. The van der Waals surface area contributed by atoms with Crippen molar-refractivity contribution >= 4 is 11.4 Å². The average Bonchev–Trinajstić information content (AvgIpc) is 3.09. The third-order valence-electron chi connectivity index (χ3n) is 3.40. The van der Waals surface area contributed by atoms with E-state index in [-0.39, 0.29) is 5.69 Å². The number of anilines is 1. The van der Waals surface area contributed by atoms with E-state index in [1.54, 1.807) is 19.2 Å². The summed E-state index contributed by atoms with van der Waals surface area (Å²) in [6, 6.07) is 13.7. The minimum Gasteiger partial charge on any atom is -0.497 e. The van der Waals surface area contributed by atoms with Crippen LogP contribution in [0.2, 0.25) is 0 Å². The second-order valence-corrected chi connectivity index (χ2v) is 5.00. The van der Waals surface area contributed by atoms with E-state index in [9.17, 15) is 10.1 Å². The first kappa shape index (κ1) is 15.5. The van der Waals surface area contributed by atoms with Crippen LogP contribution in [-0.4, -0.2) is 27.2 Å². The molecule has 3 aromatic rings. The number of hydrogen-bond donors (Lipinski definition) is 2. The lowest BCUT2D eigenvalue weighted by Crippen LogP contribution is -2.01. The van der Waals surface area contributed by atoms with Crippen LogP contribution in [0.25, 0.3) is 11.4 Å². The van der Waals surface area contributed by atoms with Gasteiger partial charge in [-0.15, -0.1) is 0 Å². The molecule has 0 amide bonds. The molecule has 2 N–H and O–H groups in total. The Bertz CT molecular complexity index is 845. The SMILES string of the molecule is COc1ccc(NCc2nc(-c3cccc([N+](=O)[O-])c3)n[nH]2)cc1. The fraction of sp³-hybridized carbons (Fsp3) is 0.125. The summed E-state index contributed by atoms with van der Waals surface area (Å²) in [6.07, 6.45) is 0. The maximum atomic E-state index is 10.8. The number of benzene rings is 2. The highest BCUT2D eigenvalue weighted by Crippen LogP contribution is 2.21. The number of rotatable bonds is 6. The normalized spacial score (nSPS) is 10.4. The number of methoxy groups -OCH3 is 1. The van der Waals surface area contributed by atoms with Gasteiger partial charge in [0.25, 0.3) is 5.69 Å². The van der Waals surface area contributed by atoms with Gasteiger partial charge in [0.05, 0.1) is 18.6 Å². The van der Waals surface area contributed by atoms with Gasteiger partial charge in [0.15, 0.2) is 5.82 Å². The fourth-order valence-electron chi connectivity index (χ4n) is 2.16. The standard InChI is InChI=1S/C16H15N5O3/c1-24-14-7-5-12(6-8-14)17-10-15-18-16(20-19-15)11-3-2-4-13(9-11)21(22)23/h2-9,17H,10H2,1H3,(H,18,19,20). The average molecular weight is 325 g/mol. The van der Waals surface area contributed by atoms with Crippen molar-refractivity contribution in [2.45, 2.75) is 6.54 Å². The first-order valence-corrected chi connectivity index (χ1v) is 7.20. The lowest BCUT2D eigenvalue weighted by atomic mass is 10.2. The predicted octanol–water partition coefficient (Wildman–Crippen LogP) is 3.00. The number of non-ortho nitro benzene ring substituents is 1. The smallest absolute Gasteiger partial charge is 0.270 e. The molecule has 1 aromatic heterocycles. The summed E-state index contributed by atoms with van der Waals surface area (Å²) in [5.74, 6) is 1.84. The van der Waals surface area contributed by atoms with Gasteiger partial charge in [-0.3, -0.25) is 15.2 Å². The second kappa shape index (κ2) is 6.78. The summed E-state index contributed by atoms with van der Waals surface area (Å²) >= 11 is 0. The Balaban J connectivity index is 1.69. The van der Waals surface area contributed by atoms with Crippen LogP contribution in [0, 0.1) is 10.1 Å². The van der Waals surface area contributed by atoms with Gasteiger partial charge >= 0.3 is 0 Å². The number of hydrogen-bond acceptors (Lipinski definition) is 6. The molecule has 0 spiro atoms. The van der Waals surface area contributed by atoms with Gasteiger partial charge in [-0.25, -0.2) is 4.98 Å². The summed E-state index contributed by atoms with van der Waals surface area (Å²) in [5, 5.41) is 21.0. The minimum atomic E-state index is -0.442. The first-order valence-electron chi connectivity index (χ1n) is 7.20. The molecule has 0 saturated heterocycles. The Kier molecular flexibility index (Phi) is 4.37. The Morgan fingerprint density at radius 1 is 1.25 bits per heavy atom. The Labute approximate surface area is 137 Å². The molecule has 0 atom stereocenters. The second-order valence-electron chi connectivity index (χ2n) is 5.00. The van der Waals surface area contributed by atoms with Crippen molar-refractivity contribution < 1.29 is 9.66 Å². The molecular formula is C16H15N5O3. The number of aromatic amines is 1. The Morgan fingerprint density at radius 2 is 2.04 bits per heavy atom. The van der Waals surface area contributed by atoms with Gasteiger partial charge in [0.2, 0.25) is 0 Å². The molecule has 0 bridgehead atoms. The predicted molar refractivity (Wildman–Crippen MR) is 88.8 cm³/mol. The van der Waals surface area contributed by atoms with E-state index in [0.717, 1.165) is 11.4 Å². The molecule has 24 heavy (non-hydrogen) atoms. The molecule has 0 saturated carbocycles. The van der Waals surface area contributed by atoms with Crippen molar-refractivity contribution in [2.24, 2.45) is 0 Å². The summed E-state index contributed by atoms with van der Waals surface area (Å²) in [6.45, 7) is 0.453. The molecule has 0 aliphatic carbocycles. The molecule has 8 heteroatoms. The van der Waals surface area contributed by atoms with Crippen molar-refractivity contribution in [1.29, 1.82) is 0 Å². The third kappa shape index (κ3) is 3.49. The van der Waals surface area contributed by atoms with Gasteiger partial charge in [0, 0.05) is 23.4 Å². The number of H-pyrrole nitrogens is 1. The van der Waals surface area contributed by atoms with Crippen LogP contribution in [0.1, 0.15) is 5.82 Å². The minimum absolute atomic E-state index is 0.00945. The fourth-order valence-corrected chi connectivity index (χ4v) is 2.16. The molecule has 0 aliphatic rings. The largest absolute Gasteiger partial charge is 0.497 e. The van der Waals surface area contributed by atoms with Crippen LogP contribution in [0.3, 0.4) is 0 Å². The molecular weight excluding hydrogens is 310 g/mol. The van der Waals surface area contributed by atoms with Crippen molar-refractivity contribution in [3.63, 3.8) is 0 Å². The van der Waals surface area contributed by atoms with E-state index >= 15 is 0 Å². The lowest BCUT2D eigenvalue weighted by Gasteiger charge is -2.05. The van der Waals surface area contributed by atoms with Gasteiger partial charge in [0.1, 0.15) is 11.6 Å². The molecule has 0 fully saturated rings. The zero-order valence-electron chi connectivity index (χ0n) is 12.9. The zero-order valence-corrected chi connectivity index (χ0v) is 12.9. The Hall–Kier alpha value is -3.42. The summed E-state index contributed by atoms with van der Waals surface area (Å²) < 4.78 is 5.11. The van der Waals surface area contributed by atoms with Crippen molar-refractivity contribution in [1.82, 2.24) is 15.2 Å². The van der Waals surface area contributed by atoms with Gasteiger partial charge < -0.3 is 10.1 Å². The molecule has 0 aliphatic heterocycles. The first-order chi connectivity index (χ1) is 11.7. The van der Waals surface area contributed by atoms with Crippen LogP contribution in [-0.2, 0) is 6.54 Å². The number of nitro benzene ring substituents is 1. The number of nitrogens with zero attached hydrogens (tertiary/aromatic N) is 3. The number of nitro groups is 1. The van der Waals surface area contributed by atoms with Crippen LogP contribution >= 0.6 is 0 Å². The molecule has 8 nitrogen and oxygen atoms in total. The maximum absolute atomic E-state index is 10.8. The molecule has 0 radical (unpaired) electrons. The van der Waals surface area contributed by atoms with Crippen LogP contribution in [0.4, 0.5) is 11.4 Å². The van der Waals surface area contributed by atoms with Crippen molar-refractivity contribution in [3.05, 3.63) is 64.5 Å². The number of ether oxygens (including phenoxy) is 1. The molecule has 0 unspecified atom stereocenters.